The quantitative estimate of drug-likeness (QED) is 0.820. The Morgan fingerprint density at radius 2 is 2.11 bits per heavy atom. The zero-order valence-corrected chi connectivity index (χ0v) is 10.9. The molecule has 1 amide bonds. The van der Waals surface area contributed by atoms with Crippen LogP contribution in [0.25, 0.3) is 0 Å². The Morgan fingerprint density at radius 1 is 1.42 bits per heavy atom. The van der Waals surface area contributed by atoms with E-state index in [1.165, 1.54) is 17.0 Å². The fourth-order valence-corrected chi connectivity index (χ4v) is 1.66. The van der Waals surface area contributed by atoms with Crippen molar-refractivity contribution in [1.82, 2.24) is 5.32 Å². The van der Waals surface area contributed by atoms with Gasteiger partial charge in [-0.15, -0.1) is 0 Å². The monoisotopic (exact) mass is 268 g/mol. The Balaban J connectivity index is 2.88. The second-order valence-corrected chi connectivity index (χ2v) is 4.15. The van der Waals surface area contributed by atoms with Crippen LogP contribution in [0.3, 0.4) is 0 Å². The van der Waals surface area contributed by atoms with Crippen LogP contribution in [0.2, 0.25) is 0 Å². The van der Waals surface area contributed by atoms with Gasteiger partial charge in [0.15, 0.2) is 0 Å². The van der Waals surface area contributed by atoms with Crippen molar-refractivity contribution < 1.29 is 19.1 Å². The third-order valence-electron chi connectivity index (χ3n) is 2.57. The number of hydrogen-bond donors (Lipinski definition) is 2. The van der Waals surface area contributed by atoms with Crippen LogP contribution < -0.4 is 10.2 Å². The lowest BCUT2D eigenvalue weighted by Crippen LogP contribution is -2.36. The van der Waals surface area contributed by atoms with Gasteiger partial charge in [-0.25, -0.2) is 9.18 Å². The summed E-state index contributed by atoms with van der Waals surface area (Å²) in [4.78, 5) is 24.0. The van der Waals surface area contributed by atoms with Gasteiger partial charge < -0.3 is 15.3 Å². The molecule has 0 saturated heterocycles. The molecule has 1 rings (SSSR count). The number of benzene rings is 1. The largest absolute Gasteiger partial charge is 0.478 e. The molecular formula is C13H17FN2O3. The molecule has 0 heterocycles. The zero-order chi connectivity index (χ0) is 14.4. The summed E-state index contributed by atoms with van der Waals surface area (Å²) in [5, 5.41) is 11.7. The highest BCUT2D eigenvalue weighted by atomic mass is 19.1. The maximum atomic E-state index is 13.5. The molecule has 0 atom stereocenters. The summed E-state index contributed by atoms with van der Waals surface area (Å²) >= 11 is 0. The van der Waals surface area contributed by atoms with Crippen LogP contribution in [0, 0.1) is 5.82 Å². The smallest absolute Gasteiger partial charge is 0.340 e. The van der Waals surface area contributed by atoms with Crippen LogP contribution in [0.5, 0.6) is 0 Å². The number of likely N-dealkylation sites (N-methyl/N-ethyl adjacent to an activating group) is 1. The van der Waals surface area contributed by atoms with Crippen LogP contribution >= 0.6 is 0 Å². The normalized spacial score (nSPS) is 10.1. The zero-order valence-electron chi connectivity index (χ0n) is 10.9. The van der Waals surface area contributed by atoms with Crippen LogP contribution in [0.1, 0.15) is 23.7 Å². The highest BCUT2D eigenvalue weighted by Crippen LogP contribution is 2.22. The Hall–Kier alpha value is -2.11. The Kier molecular flexibility index (Phi) is 5.29. The molecule has 0 fully saturated rings. The van der Waals surface area contributed by atoms with E-state index in [0.717, 1.165) is 12.5 Å². The number of halogens is 1. The van der Waals surface area contributed by atoms with Crippen LogP contribution in [-0.4, -0.2) is 37.1 Å². The van der Waals surface area contributed by atoms with Crippen molar-refractivity contribution in [3.8, 4) is 0 Å². The summed E-state index contributed by atoms with van der Waals surface area (Å²) < 4.78 is 13.5. The topological polar surface area (TPSA) is 69.6 Å². The number of amides is 1. The molecule has 0 aliphatic heterocycles. The van der Waals surface area contributed by atoms with Crippen LogP contribution in [0.15, 0.2) is 18.2 Å². The first kappa shape index (κ1) is 14.9. The minimum absolute atomic E-state index is 0.0241. The summed E-state index contributed by atoms with van der Waals surface area (Å²) in [6, 6.07) is 3.97. The van der Waals surface area contributed by atoms with Gasteiger partial charge >= 0.3 is 5.97 Å². The highest BCUT2D eigenvalue weighted by molar-refractivity contribution is 5.95. The molecule has 0 saturated carbocycles. The van der Waals surface area contributed by atoms with Crippen LogP contribution in [0.4, 0.5) is 10.1 Å². The predicted octanol–water partition coefficient (Wildman–Crippen LogP) is 1.49. The fraction of sp³-hybridized carbons (Fsp3) is 0.385. The summed E-state index contributed by atoms with van der Waals surface area (Å²) in [7, 11) is 1.55. The van der Waals surface area contributed by atoms with Gasteiger partial charge in [-0.05, 0) is 18.6 Å². The maximum Gasteiger partial charge on any atom is 0.340 e. The molecule has 0 unspecified atom stereocenters. The number of carbonyl (C=O) groups excluding carboxylic acids is 1. The first-order valence-electron chi connectivity index (χ1n) is 5.97. The van der Waals surface area contributed by atoms with E-state index in [0.29, 0.717) is 6.54 Å². The molecule has 0 spiro atoms. The molecule has 0 aliphatic rings. The molecule has 19 heavy (non-hydrogen) atoms. The molecule has 0 aliphatic carbocycles. The number of carbonyl (C=O) groups is 2. The number of rotatable bonds is 6. The molecular weight excluding hydrogens is 251 g/mol. The van der Waals surface area contributed by atoms with Crippen LogP contribution in [-0.2, 0) is 4.79 Å². The summed E-state index contributed by atoms with van der Waals surface area (Å²) in [5.41, 5.74) is -0.243. The molecule has 1 aromatic carbocycles. The lowest BCUT2D eigenvalue weighted by Gasteiger charge is -2.20. The molecule has 0 aromatic heterocycles. The maximum absolute atomic E-state index is 13.5. The minimum Gasteiger partial charge on any atom is -0.478 e. The molecule has 6 heteroatoms. The van der Waals surface area contributed by atoms with Crippen molar-refractivity contribution in [2.24, 2.45) is 0 Å². The van der Waals surface area contributed by atoms with E-state index in [9.17, 15) is 14.0 Å². The van der Waals surface area contributed by atoms with E-state index in [4.69, 9.17) is 5.11 Å². The van der Waals surface area contributed by atoms with E-state index in [-0.39, 0.29) is 18.1 Å². The van der Waals surface area contributed by atoms with Gasteiger partial charge in [-0.2, -0.15) is 0 Å². The van der Waals surface area contributed by atoms with E-state index in [1.54, 1.807) is 7.05 Å². The van der Waals surface area contributed by atoms with Gasteiger partial charge in [0.05, 0.1) is 12.2 Å². The van der Waals surface area contributed by atoms with Crippen molar-refractivity contribution in [1.29, 1.82) is 0 Å². The number of nitrogens with zero attached hydrogens (tertiary/aromatic N) is 1. The SMILES string of the molecule is CCCNC(=O)CN(C)c1cccc(F)c1C(=O)O. The third kappa shape index (κ3) is 3.94. The average molecular weight is 268 g/mol. The van der Waals surface area contributed by atoms with Gasteiger partial charge in [-0.1, -0.05) is 13.0 Å². The van der Waals surface area contributed by atoms with Crippen molar-refractivity contribution in [2.45, 2.75) is 13.3 Å². The number of anilines is 1. The summed E-state index contributed by atoms with van der Waals surface area (Å²) in [6.07, 6.45) is 0.815. The number of carboxylic acid groups (broad SMARTS) is 1. The first-order chi connectivity index (χ1) is 8.97. The third-order valence-corrected chi connectivity index (χ3v) is 2.57. The molecule has 1 aromatic rings. The lowest BCUT2D eigenvalue weighted by molar-refractivity contribution is -0.119. The predicted molar refractivity (Wildman–Crippen MR) is 69.9 cm³/mol. The van der Waals surface area contributed by atoms with Crippen molar-refractivity contribution in [3.05, 3.63) is 29.6 Å². The summed E-state index contributed by atoms with van der Waals surface area (Å²) in [5.74, 6) is -2.40. The standard InChI is InChI=1S/C13H17FN2O3/c1-3-7-15-11(17)8-16(2)10-6-4-5-9(14)12(10)13(18)19/h4-6H,3,7-8H2,1-2H3,(H,15,17)(H,18,19). The Labute approximate surface area is 111 Å². The number of aromatic carboxylic acids is 1. The van der Waals surface area contributed by atoms with Gasteiger partial charge in [-0.3, -0.25) is 4.79 Å². The average Bonchev–Trinajstić information content (AvgIpc) is 2.35. The summed E-state index contributed by atoms with van der Waals surface area (Å²) in [6.45, 7) is 2.46. The fourth-order valence-electron chi connectivity index (χ4n) is 1.66. The minimum atomic E-state index is -1.35. The number of hydrogen-bond acceptors (Lipinski definition) is 3. The van der Waals surface area contributed by atoms with Crippen molar-refractivity contribution in [2.75, 3.05) is 25.0 Å². The van der Waals surface area contributed by atoms with Crippen molar-refractivity contribution >= 4 is 17.6 Å². The van der Waals surface area contributed by atoms with E-state index < -0.39 is 17.3 Å². The number of nitrogens with one attached hydrogen (secondary N) is 1. The Bertz CT molecular complexity index is 477. The molecule has 0 bridgehead atoms. The highest BCUT2D eigenvalue weighted by Gasteiger charge is 2.19. The first-order valence-corrected chi connectivity index (χ1v) is 5.97. The van der Waals surface area contributed by atoms with Gasteiger partial charge in [0, 0.05) is 13.6 Å². The van der Waals surface area contributed by atoms with E-state index in [2.05, 4.69) is 5.32 Å². The second kappa shape index (κ2) is 6.72. The van der Waals surface area contributed by atoms with Gasteiger partial charge in [0.25, 0.3) is 0 Å². The van der Waals surface area contributed by atoms with Gasteiger partial charge in [0.2, 0.25) is 5.91 Å². The lowest BCUT2D eigenvalue weighted by atomic mass is 10.1. The molecule has 104 valence electrons. The van der Waals surface area contributed by atoms with E-state index in [1.807, 2.05) is 6.92 Å². The molecule has 5 nitrogen and oxygen atoms in total. The van der Waals surface area contributed by atoms with E-state index >= 15 is 0 Å². The Morgan fingerprint density at radius 3 is 2.68 bits per heavy atom. The molecule has 2 N–H and O–H groups in total. The van der Waals surface area contributed by atoms with Crippen molar-refractivity contribution in [3.63, 3.8) is 0 Å². The molecule has 0 radical (unpaired) electrons. The second-order valence-electron chi connectivity index (χ2n) is 4.15. The number of carboxylic acids is 1. The van der Waals surface area contributed by atoms with Gasteiger partial charge in [0.1, 0.15) is 11.4 Å².